The molecule has 2 rings (SSSR count). The fourth-order valence-corrected chi connectivity index (χ4v) is 2.59. The van der Waals surface area contributed by atoms with Crippen molar-refractivity contribution >= 4 is 0 Å². The van der Waals surface area contributed by atoms with Crippen LogP contribution in [-0.2, 0) is 6.42 Å². The van der Waals surface area contributed by atoms with E-state index in [0.29, 0.717) is 0 Å². The van der Waals surface area contributed by atoms with Crippen LogP contribution in [0.4, 0.5) is 0 Å². The molecule has 1 heterocycles. The molecule has 3 N–H and O–H groups in total. The molecule has 3 heteroatoms. The van der Waals surface area contributed by atoms with Gasteiger partial charge in [0.15, 0.2) is 0 Å². The zero-order valence-corrected chi connectivity index (χ0v) is 11.2. The number of nitrogens with two attached hydrogens (primary N) is 1. The van der Waals surface area contributed by atoms with E-state index in [1.54, 1.807) is 0 Å². The lowest BCUT2D eigenvalue weighted by Crippen LogP contribution is -2.29. The Hall–Kier alpha value is -1.06. The van der Waals surface area contributed by atoms with Gasteiger partial charge >= 0.3 is 0 Å². The van der Waals surface area contributed by atoms with Gasteiger partial charge in [0.05, 0.1) is 6.04 Å². The molecule has 0 fully saturated rings. The summed E-state index contributed by atoms with van der Waals surface area (Å²) in [5.41, 5.74) is 4.30. The highest BCUT2D eigenvalue weighted by atomic mass is 16.3. The van der Waals surface area contributed by atoms with Crippen LogP contribution >= 0.6 is 0 Å². The van der Waals surface area contributed by atoms with Crippen LogP contribution in [0.5, 0.6) is 0 Å². The molecular weight excluding hydrogens is 224 g/mol. The predicted molar refractivity (Wildman–Crippen MR) is 73.9 cm³/mol. The smallest absolute Gasteiger partial charge is 0.126 e. The Morgan fingerprint density at radius 2 is 2.11 bits per heavy atom. The first-order valence-electron chi connectivity index (χ1n) is 7.08. The number of allylic oxidation sites excluding steroid dienone is 1. The Bertz CT molecular complexity index is 395. The third kappa shape index (κ3) is 3.24. The monoisotopic (exact) mass is 248 g/mol. The number of rotatable bonds is 4. The van der Waals surface area contributed by atoms with Gasteiger partial charge < -0.3 is 4.42 Å². The molecule has 0 bridgehead atoms. The Morgan fingerprint density at radius 3 is 2.83 bits per heavy atom. The van der Waals surface area contributed by atoms with E-state index in [1.807, 2.05) is 12.1 Å². The van der Waals surface area contributed by atoms with Gasteiger partial charge in [-0.15, -0.1) is 0 Å². The van der Waals surface area contributed by atoms with Crippen LogP contribution in [0.2, 0.25) is 0 Å². The van der Waals surface area contributed by atoms with Crippen LogP contribution in [0.15, 0.2) is 28.2 Å². The Labute approximate surface area is 109 Å². The highest BCUT2D eigenvalue weighted by Gasteiger charge is 2.19. The number of furan rings is 1. The van der Waals surface area contributed by atoms with Crippen LogP contribution in [0.1, 0.15) is 63.0 Å². The summed E-state index contributed by atoms with van der Waals surface area (Å²) in [5.74, 6) is 7.70. The normalized spacial score (nSPS) is 21.8. The summed E-state index contributed by atoms with van der Waals surface area (Å²) in [7, 11) is 0. The number of nitrogens with one attached hydrogen (secondary N) is 1. The fourth-order valence-electron chi connectivity index (χ4n) is 2.59. The Balaban J connectivity index is 2.15. The summed E-state index contributed by atoms with van der Waals surface area (Å²) in [5, 5.41) is 0. The van der Waals surface area contributed by atoms with Crippen molar-refractivity contribution in [2.45, 2.75) is 57.9 Å². The maximum absolute atomic E-state index is 5.83. The van der Waals surface area contributed by atoms with Crippen molar-refractivity contribution in [3.8, 4) is 0 Å². The van der Waals surface area contributed by atoms with E-state index in [0.717, 1.165) is 30.8 Å². The van der Waals surface area contributed by atoms with Crippen LogP contribution in [0, 0.1) is 0 Å². The van der Waals surface area contributed by atoms with Gasteiger partial charge in [0, 0.05) is 6.42 Å². The topological polar surface area (TPSA) is 51.2 Å². The molecule has 0 saturated heterocycles. The highest BCUT2D eigenvalue weighted by molar-refractivity contribution is 5.22. The lowest BCUT2D eigenvalue weighted by atomic mass is 9.94. The average Bonchev–Trinajstić information content (AvgIpc) is 2.81. The Kier molecular flexibility index (Phi) is 5.02. The molecule has 100 valence electrons. The molecular formula is C15H24N2O. The van der Waals surface area contributed by atoms with Gasteiger partial charge in [0.1, 0.15) is 11.5 Å². The van der Waals surface area contributed by atoms with Gasteiger partial charge in [0.25, 0.3) is 0 Å². The van der Waals surface area contributed by atoms with Crippen molar-refractivity contribution in [3.63, 3.8) is 0 Å². The van der Waals surface area contributed by atoms with E-state index in [-0.39, 0.29) is 6.04 Å². The zero-order valence-electron chi connectivity index (χ0n) is 11.2. The number of aryl methyl sites for hydroxylation is 1. The molecule has 3 nitrogen and oxygen atoms in total. The van der Waals surface area contributed by atoms with Gasteiger partial charge in [-0.3, -0.25) is 5.84 Å². The number of hydrogen-bond acceptors (Lipinski definition) is 3. The minimum Gasteiger partial charge on any atom is -0.464 e. The van der Waals surface area contributed by atoms with Gasteiger partial charge in [-0.2, -0.15) is 0 Å². The third-order valence-electron chi connectivity index (χ3n) is 3.68. The quantitative estimate of drug-likeness (QED) is 0.486. The molecule has 18 heavy (non-hydrogen) atoms. The molecule has 0 saturated carbocycles. The first-order valence-corrected chi connectivity index (χ1v) is 7.08. The Morgan fingerprint density at radius 1 is 1.28 bits per heavy atom. The van der Waals surface area contributed by atoms with Gasteiger partial charge in [-0.25, -0.2) is 5.43 Å². The van der Waals surface area contributed by atoms with Crippen molar-refractivity contribution in [2.75, 3.05) is 0 Å². The predicted octanol–water partition coefficient (Wildman–Crippen LogP) is 3.63. The molecule has 1 unspecified atom stereocenters. The van der Waals surface area contributed by atoms with E-state index in [4.69, 9.17) is 10.3 Å². The minimum atomic E-state index is 0.0448. The van der Waals surface area contributed by atoms with E-state index in [2.05, 4.69) is 18.4 Å². The van der Waals surface area contributed by atoms with E-state index in [9.17, 15) is 0 Å². The summed E-state index contributed by atoms with van der Waals surface area (Å²) in [4.78, 5) is 0. The molecule has 1 aliphatic carbocycles. The van der Waals surface area contributed by atoms with Crippen molar-refractivity contribution in [2.24, 2.45) is 5.84 Å². The molecule has 0 radical (unpaired) electrons. The molecule has 1 aliphatic rings. The molecule has 0 spiro atoms. The van der Waals surface area contributed by atoms with E-state index in [1.165, 1.54) is 31.3 Å². The van der Waals surface area contributed by atoms with E-state index >= 15 is 0 Å². The number of hydrogen-bond donors (Lipinski definition) is 2. The molecule has 1 aromatic rings. The molecule has 0 aliphatic heterocycles. The van der Waals surface area contributed by atoms with Crippen molar-refractivity contribution in [3.05, 3.63) is 35.3 Å². The average molecular weight is 248 g/mol. The first kappa shape index (κ1) is 13.4. The zero-order chi connectivity index (χ0) is 12.8. The molecule has 1 atom stereocenters. The summed E-state index contributed by atoms with van der Waals surface area (Å²) in [6.45, 7) is 2.10. The lowest BCUT2D eigenvalue weighted by molar-refractivity contribution is 0.414. The summed E-state index contributed by atoms with van der Waals surface area (Å²) >= 11 is 0. The van der Waals surface area contributed by atoms with Gasteiger partial charge in [-0.1, -0.05) is 25.8 Å². The fraction of sp³-hybridized carbons (Fsp3) is 0.600. The standard InChI is InChI=1S/C15H24N2O/c1-2-13-10-11-14(18-13)15(17-16)12-8-6-4-3-5-7-9-12/h8,10-11,15,17H,2-7,9,16H2,1H3/b12-8+. The third-order valence-corrected chi connectivity index (χ3v) is 3.68. The second-order valence-electron chi connectivity index (χ2n) is 4.99. The van der Waals surface area contributed by atoms with Crippen molar-refractivity contribution in [1.29, 1.82) is 0 Å². The van der Waals surface area contributed by atoms with Crippen LogP contribution < -0.4 is 11.3 Å². The second kappa shape index (κ2) is 6.76. The number of hydrazine groups is 1. The maximum atomic E-state index is 5.83. The van der Waals surface area contributed by atoms with Crippen molar-refractivity contribution in [1.82, 2.24) is 5.43 Å². The largest absolute Gasteiger partial charge is 0.464 e. The molecule has 1 aromatic heterocycles. The van der Waals surface area contributed by atoms with Gasteiger partial charge in [-0.05, 0) is 43.4 Å². The van der Waals surface area contributed by atoms with E-state index < -0.39 is 0 Å². The van der Waals surface area contributed by atoms with Crippen LogP contribution in [0.3, 0.4) is 0 Å². The second-order valence-corrected chi connectivity index (χ2v) is 4.99. The van der Waals surface area contributed by atoms with Crippen molar-refractivity contribution < 1.29 is 4.42 Å². The van der Waals surface area contributed by atoms with Gasteiger partial charge in [0.2, 0.25) is 0 Å². The highest BCUT2D eigenvalue weighted by Crippen LogP contribution is 2.29. The minimum absolute atomic E-state index is 0.0448. The maximum Gasteiger partial charge on any atom is 0.126 e. The molecule has 0 aromatic carbocycles. The van der Waals surface area contributed by atoms with Crippen LogP contribution in [-0.4, -0.2) is 0 Å². The van der Waals surface area contributed by atoms with Crippen LogP contribution in [0.25, 0.3) is 0 Å². The molecule has 0 amide bonds. The summed E-state index contributed by atoms with van der Waals surface area (Å²) in [6, 6.07) is 4.13. The lowest BCUT2D eigenvalue weighted by Gasteiger charge is -2.19. The summed E-state index contributed by atoms with van der Waals surface area (Å²) < 4.78 is 5.83. The first-order chi connectivity index (χ1) is 8.85. The summed E-state index contributed by atoms with van der Waals surface area (Å²) in [6.07, 6.45) is 10.8. The SMILES string of the molecule is CCc1ccc(C(NN)/C2=C/CCCCCC2)o1.